The van der Waals surface area contributed by atoms with Gasteiger partial charge in [-0.1, -0.05) is 83.6 Å². The topological polar surface area (TPSA) is 199 Å². The maximum absolute atomic E-state index is 14.4. The van der Waals surface area contributed by atoms with Crippen LogP contribution in [0.5, 0.6) is 0 Å². The second-order valence-electron chi connectivity index (χ2n) is 18.1. The number of amides is 4. The van der Waals surface area contributed by atoms with Crippen molar-refractivity contribution in [2.75, 3.05) is 19.3 Å². The molecule has 3 N–H and O–H groups in total. The van der Waals surface area contributed by atoms with Crippen LogP contribution in [0.3, 0.4) is 0 Å². The molecule has 348 valence electrons. The summed E-state index contributed by atoms with van der Waals surface area (Å²) in [5.74, 6) is -1.18. The highest BCUT2D eigenvalue weighted by Crippen LogP contribution is 2.30. The van der Waals surface area contributed by atoms with Gasteiger partial charge in [0, 0.05) is 32.2 Å². The molecular formula is C44H69N5O10S3. The third-order valence-corrected chi connectivity index (χ3v) is 14.2. The molecular weight excluding hydrogens is 855 g/mol. The SMILES string of the molecule is Cc1ncsc1-c1ccc(CNC(=O)[C@@H]2C[C@@H](OC(=O)OC(C)C(C)SS(C)(=O)=O)CN2C(=O)[C@@H](NC(=O)CCCCCCCCCCNC(=O)OC(C)(C)C)C(C)(C)C)cc1. The van der Waals surface area contributed by atoms with E-state index < -0.39 is 73.5 Å². The van der Waals surface area contributed by atoms with E-state index >= 15 is 0 Å². The minimum Gasteiger partial charge on any atom is -0.444 e. The van der Waals surface area contributed by atoms with Gasteiger partial charge in [-0.15, -0.1) is 11.3 Å². The van der Waals surface area contributed by atoms with Gasteiger partial charge in [0.05, 0.1) is 27.9 Å². The molecule has 2 unspecified atom stereocenters. The third kappa shape index (κ3) is 18.8. The Balaban J connectivity index is 1.58. The van der Waals surface area contributed by atoms with Gasteiger partial charge in [0.2, 0.25) is 17.7 Å². The van der Waals surface area contributed by atoms with Crippen LogP contribution in [0.1, 0.15) is 131 Å². The number of unbranched alkanes of at least 4 members (excludes halogenated alkanes) is 7. The number of nitrogens with one attached hydrogen (secondary N) is 3. The first-order valence-corrected chi connectivity index (χ1v) is 25.7. The Labute approximate surface area is 376 Å². The Hall–Kier alpha value is -3.90. The monoisotopic (exact) mass is 923 g/mol. The predicted octanol–water partition coefficient (Wildman–Crippen LogP) is 7.89. The summed E-state index contributed by atoms with van der Waals surface area (Å²) in [6.45, 7) is 16.8. The molecule has 1 aromatic carbocycles. The van der Waals surface area contributed by atoms with Crippen molar-refractivity contribution in [2.45, 2.75) is 168 Å². The van der Waals surface area contributed by atoms with Crippen molar-refractivity contribution in [3.8, 4) is 10.4 Å². The lowest BCUT2D eigenvalue weighted by molar-refractivity contribution is -0.144. The van der Waals surface area contributed by atoms with Gasteiger partial charge in [-0.3, -0.25) is 14.4 Å². The van der Waals surface area contributed by atoms with E-state index in [0.717, 1.165) is 72.9 Å². The lowest BCUT2D eigenvalue weighted by atomic mass is 9.85. The second kappa shape index (κ2) is 24.2. The average molecular weight is 924 g/mol. The number of hydrogen-bond acceptors (Lipinski definition) is 13. The van der Waals surface area contributed by atoms with E-state index in [1.54, 1.807) is 30.7 Å². The van der Waals surface area contributed by atoms with Crippen LogP contribution in [0.25, 0.3) is 10.4 Å². The van der Waals surface area contributed by atoms with Gasteiger partial charge in [-0.2, -0.15) is 0 Å². The van der Waals surface area contributed by atoms with E-state index in [1.807, 2.05) is 72.7 Å². The molecule has 18 heteroatoms. The summed E-state index contributed by atoms with van der Waals surface area (Å²) >= 11 is 1.55. The van der Waals surface area contributed by atoms with E-state index in [0.29, 0.717) is 23.8 Å². The number of benzene rings is 1. The van der Waals surface area contributed by atoms with Crippen LogP contribution in [-0.4, -0.2) is 103 Å². The number of nitrogens with zero attached hydrogens (tertiary/aromatic N) is 2. The first-order valence-electron chi connectivity index (χ1n) is 21.5. The normalized spacial score (nSPS) is 17.1. The molecule has 1 aromatic heterocycles. The van der Waals surface area contributed by atoms with Crippen molar-refractivity contribution >= 4 is 61.0 Å². The number of alkyl carbamates (subject to hydrolysis) is 1. The minimum absolute atomic E-state index is 0.00787. The van der Waals surface area contributed by atoms with Gasteiger partial charge in [0.25, 0.3) is 0 Å². The van der Waals surface area contributed by atoms with Gasteiger partial charge in [-0.05, 0) is 81.7 Å². The number of hydrogen-bond donors (Lipinski definition) is 3. The van der Waals surface area contributed by atoms with Gasteiger partial charge >= 0.3 is 12.2 Å². The Kier molecular flexibility index (Phi) is 20.5. The van der Waals surface area contributed by atoms with Crippen molar-refractivity contribution < 1.29 is 46.6 Å². The maximum Gasteiger partial charge on any atom is 0.508 e. The van der Waals surface area contributed by atoms with Crippen molar-refractivity contribution in [3.63, 3.8) is 0 Å². The Morgan fingerprint density at radius 2 is 1.53 bits per heavy atom. The number of aryl methyl sites for hydroxylation is 1. The predicted molar refractivity (Wildman–Crippen MR) is 244 cm³/mol. The zero-order valence-electron chi connectivity index (χ0n) is 38.2. The van der Waals surface area contributed by atoms with Crippen LogP contribution >= 0.6 is 22.1 Å². The van der Waals surface area contributed by atoms with Gasteiger partial charge in [-0.25, -0.2) is 23.0 Å². The molecule has 15 nitrogen and oxygen atoms in total. The fourth-order valence-corrected chi connectivity index (χ4v) is 10.5. The Morgan fingerprint density at radius 3 is 2.10 bits per heavy atom. The fourth-order valence-electron chi connectivity index (χ4n) is 6.82. The summed E-state index contributed by atoms with van der Waals surface area (Å²) in [6.07, 6.45) is 5.70. The molecule has 1 fully saturated rings. The molecule has 0 aliphatic carbocycles. The third-order valence-electron chi connectivity index (χ3n) is 10.2. The summed E-state index contributed by atoms with van der Waals surface area (Å²) in [5.41, 5.74) is 3.35. The molecule has 2 aromatic rings. The molecule has 1 aliphatic heterocycles. The molecule has 2 heterocycles. The van der Waals surface area contributed by atoms with Crippen molar-refractivity contribution in [1.82, 2.24) is 25.8 Å². The van der Waals surface area contributed by atoms with Crippen molar-refractivity contribution in [3.05, 3.63) is 41.0 Å². The van der Waals surface area contributed by atoms with Crippen LogP contribution in [0.4, 0.5) is 9.59 Å². The average Bonchev–Trinajstić information content (AvgIpc) is 3.79. The number of aromatic nitrogens is 1. The van der Waals surface area contributed by atoms with E-state index in [9.17, 15) is 32.4 Å². The summed E-state index contributed by atoms with van der Waals surface area (Å²) in [4.78, 5) is 73.1. The Morgan fingerprint density at radius 1 is 0.919 bits per heavy atom. The molecule has 5 atom stereocenters. The highest BCUT2D eigenvalue weighted by atomic mass is 33.1. The number of carbonyl (C=O) groups is 5. The Bertz CT molecular complexity index is 1890. The molecule has 0 spiro atoms. The van der Waals surface area contributed by atoms with Gasteiger partial charge < -0.3 is 35.1 Å². The number of likely N-dealkylation sites (tertiary alicyclic amines) is 1. The largest absolute Gasteiger partial charge is 0.508 e. The van der Waals surface area contributed by atoms with Crippen LogP contribution < -0.4 is 16.0 Å². The van der Waals surface area contributed by atoms with Crippen LogP contribution in [-0.2, 0) is 44.0 Å². The molecule has 1 saturated heterocycles. The van der Waals surface area contributed by atoms with Gasteiger partial charge in [0.15, 0.2) is 8.87 Å². The van der Waals surface area contributed by atoms with Crippen molar-refractivity contribution in [1.29, 1.82) is 0 Å². The summed E-state index contributed by atoms with van der Waals surface area (Å²) in [5, 5.41) is 8.09. The fraction of sp³-hybridized carbons (Fsp3) is 0.682. The molecule has 4 amide bonds. The maximum atomic E-state index is 14.4. The summed E-state index contributed by atoms with van der Waals surface area (Å²) < 4.78 is 39.8. The molecule has 0 saturated carbocycles. The first-order chi connectivity index (χ1) is 28.9. The van der Waals surface area contributed by atoms with E-state index in [4.69, 9.17) is 14.2 Å². The summed E-state index contributed by atoms with van der Waals surface area (Å²) in [7, 11) is -2.73. The number of thiazole rings is 1. The minimum atomic E-state index is -3.40. The zero-order chi connectivity index (χ0) is 46.3. The smallest absolute Gasteiger partial charge is 0.444 e. The van der Waals surface area contributed by atoms with Crippen LogP contribution in [0.15, 0.2) is 29.8 Å². The molecule has 0 bridgehead atoms. The molecule has 0 radical (unpaired) electrons. The highest BCUT2D eigenvalue weighted by Gasteiger charge is 2.46. The second-order valence-corrected chi connectivity index (χ2v) is 23.7. The van der Waals surface area contributed by atoms with Crippen LogP contribution in [0, 0.1) is 12.3 Å². The van der Waals surface area contributed by atoms with Gasteiger partial charge in [0.1, 0.15) is 29.9 Å². The number of ether oxygens (including phenoxy) is 3. The highest BCUT2D eigenvalue weighted by molar-refractivity contribution is 8.72. The molecule has 62 heavy (non-hydrogen) atoms. The lowest BCUT2D eigenvalue weighted by Crippen LogP contribution is -2.57. The summed E-state index contributed by atoms with van der Waals surface area (Å²) in [6, 6.07) is 5.78. The standard InChI is InChI=1S/C44H69N5O10S3/c1-29-37(60-28-47-29)33-22-20-32(21-23-33)26-46-39(51)35-25-34(58-42(54)57-30(2)31(3)61-62(10,55)56)27-49(35)40(52)38(43(4,5)6)48-36(50)19-17-15-13-11-12-14-16-18-24-45-41(53)59-44(7,8)9/h20-23,28,30-31,34-35,38H,11-19,24-27H2,1-10H3,(H,45,53)(H,46,51)(H,48,50)/t30?,31?,34-,35+,38-/m1/s1. The van der Waals surface area contributed by atoms with Crippen molar-refractivity contribution in [2.24, 2.45) is 5.41 Å². The zero-order valence-corrected chi connectivity index (χ0v) is 40.6. The number of rotatable bonds is 22. The van der Waals surface area contributed by atoms with Crippen LogP contribution in [0.2, 0.25) is 0 Å². The molecule has 1 aliphatic rings. The quantitative estimate of drug-likeness (QED) is 0.0587. The van der Waals surface area contributed by atoms with E-state index in [-0.39, 0.29) is 31.8 Å². The first kappa shape index (κ1) is 52.4. The van der Waals surface area contributed by atoms with E-state index in [2.05, 4.69) is 20.9 Å². The lowest BCUT2D eigenvalue weighted by Gasteiger charge is -2.35. The van der Waals surface area contributed by atoms with E-state index in [1.165, 1.54) is 4.90 Å². The molecule has 3 rings (SSSR count). The number of carbonyl (C=O) groups excluding carboxylic acids is 5.